The first-order valence-electron chi connectivity index (χ1n) is 14.7. The molecule has 0 radical (unpaired) electrons. The molecule has 0 aliphatic heterocycles. The molecule has 0 bridgehead atoms. The topological polar surface area (TPSA) is 90.3 Å². The molecule has 2 atom stereocenters. The Balaban J connectivity index is 1.32. The van der Waals surface area contributed by atoms with Crippen LogP contribution in [-0.2, 0) is 17.5 Å². The van der Waals surface area contributed by atoms with E-state index in [1.54, 1.807) is 12.1 Å². The quantitative estimate of drug-likeness (QED) is 0.171. The van der Waals surface area contributed by atoms with E-state index in [0.29, 0.717) is 35.0 Å². The molecule has 0 spiro atoms. The van der Waals surface area contributed by atoms with Crippen LogP contribution >= 0.6 is 11.6 Å². The molecule has 15 heteroatoms. The zero-order valence-corrected chi connectivity index (χ0v) is 26.4. The van der Waals surface area contributed by atoms with E-state index in [-0.39, 0.29) is 34.5 Å². The van der Waals surface area contributed by atoms with Gasteiger partial charge in [-0.2, -0.15) is 13.2 Å². The molecule has 1 aliphatic carbocycles. The van der Waals surface area contributed by atoms with Gasteiger partial charge in [0, 0.05) is 24.0 Å². The van der Waals surface area contributed by atoms with Crippen molar-refractivity contribution in [2.45, 2.75) is 65.2 Å². The van der Waals surface area contributed by atoms with Gasteiger partial charge in [-0.3, -0.25) is 9.78 Å². The van der Waals surface area contributed by atoms with Crippen LogP contribution in [0.1, 0.15) is 57.3 Å². The number of fused-ring (bicyclic) bond motifs is 1. The summed E-state index contributed by atoms with van der Waals surface area (Å²) in [6, 6.07) is 11.4. The van der Waals surface area contributed by atoms with Crippen LogP contribution in [-0.4, -0.2) is 33.4 Å². The fraction of sp³-hybridized carbons (Fsp3) is 0.406. The number of nitrogens with one attached hydrogen (secondary N) is 2. The van der Waals surface area contributed by atoms with Crippen molar-refractivity contribution in [1.82, 2.24) is 19.9 Å². The van der Waals surface area contributed by atoms with E-state index in [0.717, 1.165) is 30.8 Å². The number of pyridine rings is 1. The van der Waals surface area contributed by atoms with E-state index in [1.807, 2.05) is 6.07 Å². The summed E-state index contributed by atoms with van der Waals surface area (Å²) >= 11 is 5.92. The van der Waals surface area contributed by atoms with Gasteiger partial charge in [0.25, 0.3) is 5.91 Å². The summed E-state index contributed by atoms with van der Waals surface area (Å²) in [7, 11) is 0. The minimum atomic E-state index is -4.80. The SMILES string of the molecule is C[C@@H]1C[C@@H](n2c(Nc3ccc(OC(F)(F)F)cc3)nc3cc(OCC(=O)NCc4ncc(C(F)(F)F)cc4Cl)ccc32)CC(C)(C)C1. The number of carbonyl (C=O) groups excluding carboxylic acids is 1. The molecular weight excluding hydrogens is 652 g/mol. The molecule has 8 nitrogen and oxygen atoms in total. The molecule has 0 saturated heterocycles. The zero-order valence-electron chi connectivity index (χ0n) is 25.6. The molecule has 2 aromatic heterocycles. The number of anilines is 2. The molecule has 1 amide bonds. The van der Waals surface area contributed by atoms with Gasteiger partial charge >= 0.3 is 12.5 Å². The average Bonchev–Trinajstić information content (AvgIpc) is 3.31. The first kappa shape index (κ1) is 34.1. The smallest absolute Gasteiger partial charge is 0.484 e. The lowest BCUT2D eigenvalue weighted by Gasteiger charge is -2.40. The Morgan fingerprint density at radius 2 is 1.74 bits per heavy atom. The summed E-state index contributed by atoms with van der Waals surface area (Å²) < 4.78 is 88.3. The van der Waals surface area contributed by atoms with Gasteiger partial charge in [-0.05, 0) is 73.1 Å². The number of halogens is 7. The highest BCUT2D eigenvalue weighted by Crippen LogP contribution is 2.46. The van der Waals surface area contributed by atoms with Crippen LogP contribution in [0.15, 0.2) is 54.7 Å². The molecule has 4 aromatic rings. The molecule has 2 heterocycles. The van der Waals surface area contributed by atoms with Crippen LogP contribution in [0.4, 0.5) is 38.0 Å². The van der Waals surface area contributed by atoms with Gasteiger partial charge in [0.1, 0.15) is 11.5 Å². The van der Waals surface area contributed by atoms with Crippen LogP contribution in [0.5, 0.6) is 11.5 Å². The Kier molecular flexibility index (Phi) is 9.54. The van der Waals surface area contributed by atoms with Gasteiger partial charge in [0.2, 0.25) is 5.95 Å². The first-order chi connectivity index (χ1) is 22.0. The fourth-order valence-electron chi connectivity index (χ4n) is 6.12. The van der Waals surface area contributed by atoms with E-state index >= 15 is 0 Å². The fourth-order valence-corrected chi connectivity index (χ4v) is 6.35. The minimum absolute atomic E-state index is 0.0720. The second kappa shape index (κ2) is 13.1. The van der Waals surface area contributed by atoms with E-state index in [2.05, 4.69) is 45.7 Å². The van der Waals surface area contributed by atoms with Crippen LogP contribution in [0, 0.1) is 11.3 Å². The second-order valence-electron chi connectivity index (χ2n) is 12.4. The number of nitrogens with zero attached hydrogens (tertiary/aromatic N) is 3. The molecule has 2 N–H and O–H groups in total. The van der Waals surface area contributed by atoms with Crippen molar-refractivity contribution in [3.63, 3.8) is 0 Å². The summed E-state index contributed by atoms with van der Waals surface area (Å²) in [5, 5.41) is 5.54. The third-order valence-corrected chi connectivity index (χ3v) is 8.13. The third-order valence-electron chi connectivity index (χ3n) is 7.80. The number of aromatic nitrogens is 3. The molecule has 1 saturated carbocycles. The lowest BCUT2D eigenvalue weighted by atomic mass is 9.70. The summed E-state index contributed by atoms with van der Waals surface area (Å²) in [6.45, 7) is 6.06. The van der Waals surface area contributed by atoms with Crippen LogP contribution in [0.3, 0.4) is 0 Å². The molecule has 5 rings (SSSR count). The van der Waals surface area contributed by atoms with Crippen molar-refractivity contribution in [1.29, 1.82) is 0 Å². The standard InChI is InChI=1S/C32H32ClF6N5O3/c1-18-10-21(14-30(2,3)13-18)44-27-9-8-23(46-17-28(45)41-16-26-24(33)11-19(15-40-26)31(34,35)36)12-25(27)43-29(44)42-20-4-6-22(7-5-20)47-32(37,38)39/h4-9,11-12,15,18,21H,10,13-14,16-17H2,1-3H3,(H,41,45)(H,42,43)/t18-,21-/m1/s1. The highest BCUT2D eigenvalue weighted by molar-refractivity contribution is 6.31. The predicted molar refractivity (Wildman–Crippen MR) is 164 cm³/mol. The highest BCUT2D eigenvalue weighted by Gasteiger charge is 2.35. The zero-order chi connectivity index (χ0) is 34.1. The Morgan fingerprint density at radius 3 is 2.38 bits per heavy atom. The van der Waals surface area contributed by atoms with E-state index in [4.69, 9.17) is 21.3 Å². The third kappa shape index (κ3) is 8.79. The maximum absolute atomic E-state index is 12.9. The first-order valence-corrected chi connectivity index (χ1v) is 15.1. The maximum Gasteiger partial charge on any atom is 0.573 e. The van der Waals surface area contributed by atoms with Crippen LogP contribution in [0.2, 0.25) is 5.02 Å². The van der Waals surface area contributed by atoms with Crippen molar-refractivity contribution >= 4 is 40.2 Å². The number of carbonyl (C=O) groups is 1. The number of ether oxygens (including phenoxy) is 2. The number of alkyl halides is 6. The van der Waals surface area contributed by atoms with Crippen molar-refractivity contribution < 1.29 is 40.6 Å². The molecular formula is C32H32ClF6N5O3. The van der Waals surface area contributed by atoms with E-state index in [1.165, 1.54) is 24.3 Å². The Labute approximate surface area is 271 Å². The number of amides is 1. The molecule has 2 aromatic carbocycles. The van der Waals surface area contributed by atoms with Crippen LogP contribution in [0.25, 0.3) is 11.0 Å². The number of imidazole rings is 1. The van der Waals surface area contributed by atoms with Crippen molar-refractivity contribution in [2.24, 2.45) is 11.3 Å². The number of rotatable bonds is 9. The average molecular weight is 684 g/mol. The molecule has 0 unspecified atom stereocenters. The van der Waals surface area contributed by atoms with Gasteiger partial charge < -0.3 is 24.7 Å². The van der Waals surface area contributed by atoms with Crippen molar-refractivity contribution in [3.05, 3.63) is 71.0 Å². The largest absolute Gasteiger partial charge is 0.573 e. The maximum atomic E-state index is 12.9. The summed E-state index contributed by atoms with van der Waals surface area (Å²) in [5.41, 5.74) is 1.03. The number of hydrogen-bond donors (Lipinski definition) is 2. The summed E-state index contributed by atoms with van der Waals surface area (Å²) in [4.78, 5) is 21.0. The van der Waals surface area contributed by atoms with Gasteiger partial charge in [0.15, 0.2) is 6.61 Å². The van der Waals surface area contributed by atoms with E-state index in [9.17, 15) is 31.1 Å². The van der Waals surface area contributed by atoms with Crippen LogP contribution < -0.4 is 20.1 Å². The minimum Gasteiger partial charge on any atom is -0.484 e. The molecule has 1 fully saturated rings. The lowest BCUT2D eigenvalue weighted by Crippen LogP contribution is -2.29. The highest BCUT2D eigenvalue weighted by atomic mass is 35.5. The Hall–Kier alpha value is -4.20. The molecule has 1 aliphatic rings. The summed E-state index contributed by atoms with van der Waals surface area (Å²) in [5.74, 6) is 0.397. The molecule has 47 heavy (non-hydrogen) atoms. The Bertz CT molecular complexity index is 1740. The Morgan fingerprint density at radius 1 is 1.04 bits per heavy atom. The lowest BCUT2D eigenvalue weighted by molar-refractivity contribution is -0.274. The van der Waals surface area contributed by atoms with Crippen molar-refractivity contribution in [2.75, 3.05) is 11.9 Å². The van der Waals surface area contributed by atoms with E-state index < -0.39 is 30.6 Å². The normalized spacial score (nSPS) is 18.2. The van der Waals surface area contributed by atoms with Crippen molar-refractivity contribution in [3.8, 4) is 11.5 Å². The number of hydrogen-bond acceptors (Lipinski definition) is 6. The molecule has 252 valence electrons. The van der Waals surface area contributed by atoms with Gasteiger partial charge in [-0.25, -0.2) is 4.98 Å². The number of benzene rings is 2. The van der Waals surface area contributed by atoms with Gasteiger partial charge in [-0.15, -0.1) is 13.2 Å². The summed E-state index contributed by atoms with van der Waals surface area (Å²) in [6.07, 6.45) is -5.89. The van der Waals surface area contributed by atoms with Gasteiger partial charge in [0.05, 0.1) is 33.9 Å². The van der Waals surface area contributed by atoms with Gasteiger partial charge in [-0.1, -0.05) is 32.4 Å². The predicted octanol–water partition coefficient (Wildman–Crippen LogP) is 8.83. The monoisotopic (exact) mass is 683 g/mol. The second-order valence-corrected chi connectivity index (χ2v) is 12.8.